The molecule has 1 aliphatic rings. The zero-order valence-corrected chi connectivity index (χ0v) is 14.2. The maximum Gasteiger partial charge on any atom is 0.411 e. The van der Waals surface area contributed by atoms with Gasteiger partial charge in [-0.2, -0.15) is 0 Å². The molecule has 0 aliphatic carbocycles. The van der Waals surface area contributed by atoms with E-state index in [1.807, 2.05) is 30.3 Å². The molecule has 1 heterocycles. The lowest BCUT2D eigenvalue weighted by Gasteiger charge is -2.22. The number of thioether (sulfide) groups is 1. The van der Waals surface area contributed by atoms with Crippen molar-refractivity contribution in [3.63, 3.8) is 0 Å². The van der Waals surface area contributed by atoms with E-state index in [4.69, 9.17) is 9.47 Å². The van der Waals surface area contributed by atoms with Gasteiger partial charge in [0.15, 0.2) is 0 Å². The summed E-state index contributed by atoms with van der Waals surface area (Å²) in [6, 6.07) is 8.67. The average Bonchev–Trinajstić information content (AvgIpc) is 3.08. The zero-order valence-electron chi connectivity index (χ0n) is 13.4. The van der Waals surface area contributed by atoms with Gasteiger partial charge in [0, 0.05) is 5.75 Å². The summed E-state index contributed by atoms with van der Waals surface area (Å²) in [4.78, 5) is 37.0. The molecule has 8 heteroatoms. The Bertz CT molecular complexity index is 581. The normalized spacial score (nSPS) is 16.5. The average molecular weight is 352 g/mol. The van der Waals surface area contributed by atoms with E-state index in [1.54, 1.807) is 6.92 Å². The van der Waals surface area contributed by atoms with Crippen molar-refractivity contribution in [3.8, 4) is 0 Å². The van der Waals surface area contributed by atoms with Crippen LogP contribution in [0, 0.1) is 0 Å². The Morgan fingerprint density at radius 3 is 2.71 bits per heavy atom. The molecular formula is C16H20N2O5S. The van der Waals surface area contributed by atoms with Gasteiger partial charge < -0.3 is 14.8 Å². The highest BCUT2D eigenvalue weighted by Crippen LogP contribution is 2.22. The molecule has 1 fully saturated rings. The third kappa shape index (κ3) is 5.16. The summed E-state index contributed by atoms with van der Waals surface area (Å²) in [6.45, 7) is 1.89. The first-order valence-electron chi connectivity index (χ1n) is 7.60. The summed E-state index contributed by atoms with van der Waals surface area (Å²) in [5.41, 5.74) is 0.876. The topological polar surface area (TPSA) is 84.9 Å². The number of esters is 1. The largest absolute Gasteiger partial charge is 0.465 e. The van der Waals surface area contributed by atoms with E-state index in [-0.39, 0.29) is 25.7 Å². The molecule has 1 aromatic carbocycles. The van der Waals surface area contributed by atoms with Crippen molar-refractivity contribution in [2.75, 3.05) is 24.8 Å². The lowest BCUT2D eigenvalue weighted by atomic mass is 10.2. The van der Waals surface area contributed by atoms with Crippen molar-refractivity contribution >= 4 is 29.7 Å². The van der Waals surface area contributed by atoms with Crippen molar-refractivity contribution in [2.45, 2.75) is 19.6 Å². The Kier molecular flexibility index (Phi) is 6.92. The Labute approximate surface area is 144 Å². The molecule has 0 radical (unpaired) electrons. The minimum Gasteiger partial charge on any atom is -0.465 e. The fourth-order valence-electron chi connectivity index (χ4n) is 2.13. The molecule has 130 valence electrons. The maximum absolute atomic E-state index is 12.2. The number of hydrogen-bond donors (Lipinski definition) is 1. The van der Waals surface area contributed by atoms with Gasteiger partial charge in [-0.3, -0.25) is 14.5 Å². The molecule has 1 unspecified atom stereocenters. The molecule has 1 atom stereocenters. The van der Waals surface area contributed by atoms with Gasteiger partial charge in [-0.05, 0) is 12.5 Å². The molecule has 0 spiro atoms. The minimum atomic E-state index is -0.646. The first kappa shape index (κ1) is 18.1. The van der Waals surface area contributed by atoms with Crippen LogP contribution in [0.3, 0.4) is 0 Å². The number of benzene rings is 1. The van der Waals surface area contributed by atoms with E-state index in [9.17, 15) is 14.4 Å². The number of rotatable bonds is 6. The monoisotopic (exact) mass is 352 g/mol. The Balaban J connectivity index is 1.83. The molecule has 24 heavy (non-hydrogen) atoms. The van der Waals surface area contributed by atoms with Crippen LogP contribution in [0.25, 0.3) is 0 Å². The van der Waals surface area contributed by atoms with Crippen LogP contribution in [0.5, 0.6) is 0 Å². The van der Waals surface area contributed by atoms with Crippen LogP contribution in [0.15, 0.2) is 30.3 Å². The van der Waals surface area contributed by atoms with Crippen molar-refractivity contribution in [3.05, 3.63) is 35.9 Å². The van der Waals surface area contributed by atoms with Gasteiger partial charge in [0.1, 0.15) is 19.2 Å². The van der Waals surface area contributed by atoms with Crippen molar-refractivity contribution < 1.29 is 23.9 Å². The predicted molar refractivity (Wildman–Crippen MR) is 89.2 cm³/mol. The van der Waals surface area contributed by atoms with Gasteiger partial charge in [0.2, 0.25) is 5.91 Å². The number of carbonyl (C=O) groups excluding carboxylic acids is 3. The van der Waals surface area contributed by atoms with E-state index in [2.05, 4.69) is 5.32 Å². The fourth-order valence-corrected chi connectivity index (χ4v) is 3.27. The molecular weight excluding hydrogens is 332 g/mol. The third-order valence-corrected chi connectivity index (χ3v) is 4.35. The Morgan fingerprint density at radius 1 is 1.25 bits per heavy atom. The summed E-state index contributed by atoms with van der Waals surface area (Å²) in [5, 5.41) is 2.49. The molecule has 0 bridgehead atoms. The van der Waals surface area contributed by atoms with Crippen molar-refractivity contribution in [2.24, 2.45) is 0 Å². The number of hydrogen-bond acceptors (Lipinski definition) is 6. The van der Waals surface area contributed by atoms with Crippen molar-refractivity contribution in [1.82, 2.24) is 10.2 Å². The molecule has 1 N–H and O–H groups in total. The second kappa shape index (κ2) is 9.17. The molecule has 1 saturated heterocycles. The zero-order chi connectivity index (χ0) is 17.4. The molecule has 0 aromatic heterocycles. The first-order chi connectivity index (χ1) is 11.6. The lowest BCUT2D eigenvalue weighted by molar-refractivity contribution is -0.143. The van der Waals surface area contributed by atoms with Crippen LogP contribution < -0.4 is 5.32 Å². The summed E-state index contributed by atoms with van der Waals surface area (Å²) in [5.74, 6) is -0.0420. The number of amides is 2. The van der Waals surface area contributed by atoms with Crippen LogP contribution in [0.2, 0.25) is 0 Å². The Morgan fingerprint density at radius 2 is 2.00 bits per heavy atom. The quantitative estimate of drug-likeness (QED) is 0.779. The highest BCUT2D eigenvalue weighted by molar-refractivity contribution is 7.99. The van der Waals surface area contributed by atoms with Gasteiger partial charge >= 0.3 is 12.1 Å². The van der Waals surface area contributed by atoms with Crippen LogP contribution in [-0.2, 0) is 25.7 Å². The number of carbonyl (C=O) groups is 3. The second-order valence-electron chi connectivity index (χ2n) is 5.05. The highest BCUT2D eigenvalue weighted by atomic mass is 32.2. The lowest BCUT2D eigenvalue weighted by Crippen LogP contribution is -2.48. The van der Waals surface area contributed by atoms with E-state index >= 15 is 0 Å². The van der Waals surface area contributed by atoms with Gasteiger partial charge in [-0.25, -0.2) is 4.79 Å². The maximum atomic E-state index is 12.2. The molecule has 7 nitrogen and oxygen atoms in total. The van der Waals surface area contributed by atoms with Crippen LogP contribution in [0.1, 0.15) is 12.5 Å². The summed E-state index contributed by atoms with van der Waals surface area (Å²) >= 11 is 1.46. The van der Waals surface area contributed by atoms with Gasteiger partial charge in [0.05, 0.1) is 12.5 Å². The van der Waals surface area contributed by atoms with E-state index in [0.29, 0.717) is 11.6 Å². The van der Waals surface area contributed by atoms with E-state index in [1.165, 1.54) is 16.7 Å². The van der Waals surface area contributed by atoms with Gasteiger partial charge in [-0.1, -0.05) is 30.3 Å². The predicted octanol–water partition coefficient (Wildman–Crippen LogP) is 1.38. The Hall–Kier alpha value is -2.22. The third-order valence-electron chi connectivity index (χ3n) is 3.34. The van der Waals surface area contributed by atoms with Gasteiger partial charge in [0.25, 0.3) is 0 Å². The SMILES string of the molecule is CCOC(=O)CNC(=O)C1CSCN1C(=O)OCc1ccccc1. The molecule has 1 aliphatic heterocycles. The van der Waals surface area contributed by atoms with Gasteiger partial charge in [-0.15, -0.1) is 11.8 Å². The summed E-state index contributed by atoms with van der Waals surface area (Å²) < 4.78 is 10.0. The summed E-state index contributed by atoms with van der Waals surface area (Å²) in [7, 11) is 0. The van der Waals surface area contributed by atoms with E-state index < -0.39 is 18.1 Å². The smallest absolute Gasteiger partial charge is 0.411 e. The molecule has 2 rings (SSSR count). The molecule has 1 aromatic rings. The standard InChI is InChI=1S/C16H20N2O5S/c1-2-22-14(19)8-17-15(20)13-10-24-11-18(13)16(21)23-9-12-6-4-3-5-7-12/h3-7,13H,2,8-11H2,1H3,(H,17,20). The number of ether oxygens (including phenoxy) is 2. The molecule has 0 saturated carbocycles. The van der Waals surface area contributed by atoms with Crippen LogP contribution in [0.4, 0.5) is 4.79 Å². The van der Waals surface area contributed by atoms with Crippen LogP contribution >= 0.6 is 11.8 Å². The minimum absolute atomic E-state index is 0.151. The highest BCUT2D eigenvalue weighted by Gasteiger charge is 2.35. The molecule has 2 amide bonds. The number of nitrogens with zero attached hydrogens (tertiary/aromatic N) is 1. The summed E-state index contributed by atoms with van der Waals surface area (Å²) in [6.07, 6.45) is -0.542. The fraction of sp³-hybridized carbons (Fsp3) is 0.438. The van der Waals surface area contributed by atoms with Crippen LogP contribution in [-0.4, -0.2) is 53.7 Å². The second-order valence-corrected chi connectivity index (χ2v) is 6.05. The van der Waals surface area contributed by atoms with Crippen molar-refractivity contribution in [1.29, 1.82) is 0 Å². The number of nitrogens with one attached hydrogen (secondary N) is 1. The first-order valence-corrected chi connectivity index (χ1v) is 8.75. The van der Waals surface area contributed by atoms with E-state index in [0.717, 1.165) is 5.56 Å².